The lowest BCUT2D eigenvalue weighted by atomic mass is 10.1. The van der Waals surface area contributed by atoms with Crippen LogP contribution in [-0.4, -0.2) is 41.2 Å². The van der Waals surface area contributed by atoms with Gasteiger partial charge in [-0.15, -0.1) is 0 Å². The average molecular weight is 472 g/mol. The summed E-state index contributed by atoms with van der Waals surface area (Å²) in [5.41, 5.74) is 2.59. The van der Waals surface area contributed by atoms with Crippen molar-refractivity contribution in [3.05, 3.63) is 77.9 Å². The zero-order valence-electron chi connectivity index (χ0n) is 20.7. The lowest BCUT2D eigenvalue weighted by Gasteiger charge is -2.30. The van der Waals surface area contributed by atoms with Gasteiger partial charge in [0.05, 0.1) is 5.69 Å². The largest absolute Gasteiger partial charge is 0.352 e. The lowest BCUT2D eigenvalue weighted by molar-refractivity contribution is -0.140. The van der Waals surface area contributed by atoms with E-state index < -0.39 is 6.04 Å². The molecule has 1 aliphatic rings. The number of carbonyl (C=O) groups excluding carboxylic acids is 3. The Balaban J connectivity index is 1.45. The Morgan fingerprint density at radius 3 is 2.40 bits per heavy atom. The summed E-state index contributed by atoms with van der Waals surface area (Å²) in [6.07, 6.45) is 1.59. The van der Waals surface area contributed by atoms with Crippen LogP contribution in [0.3, 0.4) is 0 Å². The van der Waals surface area contributed by atoms with Crippen LogP contribution in [0.2, 0.25) is 0 Å². The minimum Gasteiger partial charge on any atom is -0.352 e. The van der Waals surface area contributed by atoms with Crippen molar-refractivity contribution in [3.8, 4) is 0 Å². The molecule has 0 fully saturated rings. The molecular weight excluding hydrogens is 438 g/mol. The molecule has 0 spiro atoms. The smallest absolute Gasteiger partial charge is 0.258 e. The molecule has 2 atom stereocenters. The number of hydrogen-bond donors (Lipinski definition) is 1. The van der Waals surface area contributed by atoms with Gasteiger partial charge in [-0.1, -0.05) is 61.5 Å². The van der Waals surface area contributed by atoms with Crippen LogP contribution in [0.25, 0.3) is 10.8 Å². The quantitative estimate of drug-likeness (QED) is 0.457. The van der Waals surface area contributed by atoms with Gasteiger partial charge in [0.25, 0.3) is 5.91 Å². The first-order valence-corrected chi connectivity index (χ1v) is 12.4. The first-order chi connectivity index (χ1) is 16.9. The van der Waals surface area contributed by atoms with Gasteiger partial charge in [0, 0.05) is 36.5 Å². The molecule has 0 bridgehead atoms. The van der Waals surface area contributed by atoms with Crippen molar-refractivity contribution in [1.82, 2.24) is 10.2 Å². The van der Waals surface area contributed by atoms with Gasteiger partial charge in [-0.2, -0.15) is 0 Å². The van der Waals surface area contributed by atoms with E-state index in [0.717, 1.165) is 28.4 Å². The Kier molecular flexibility index (Phi) is 7.49. The Morgan fingerprint density at radius 1 is 0.971 bits per heavy atom. The van der Waals surface area contributed by atoms with E-state index in [9.17, 15) is 14.4 Å². The molecule has 0 unspecified atom stereocenters. The van der Waals surface area contributed by atoms with Crippen molar-refractivity contribution < 1.29 is 14.4 Å². The van der Waals surface area contributed by atoms with Gasteiger partial charge in [-0.05, 0) is 49.8 Å². The van der Waals surface area contributed by atoms with Gasteiger partial charge in [-0.3, -0.25) is 14.4 Å². The van der Waals surface area contributed by atoms with Crippen LogP contribution in [0, 0.1) is 0 Å². The van der Waals surface area contributed by atoms with Crippen LogP contribution in [0.1, 0.15) is 56.0 Å². The molecule has 0 saturated heterocycles. The Morgan fingerprint density at radius 2 is 1.69 bits per heavy atom. The third-order valence-corrected chi connectivity index (χ3v) is 6.79. The normalized spacial score (nSPS) is 14.1. The molecule has 6 heteroatoms. The number of rotatable bonds is 10. The number of hydrogen-bond acceptors (Lipinski definition) is 3. The fraction of sp³-hybridized carbons (Fsp3) is 0.345. The number of amides is 3. The predicted octanol–water partition coefficient (Wildman–Crippen LogP) is 4.91. The summed E-state index contributed by atoms with van der Waals surface area (Å²) in [7, 11) is 0. The number of anilines is 1. The molecule has 0 radical (unpaired) electrons. The van der Waals surface area contributed by atoms with Crippen LogP contribution in [-0.2, 0) is 16.1 Å². The van der Waals surface area contributed by atoms with E-state index in [1.807, 2.05) is 80.6 Å². The number of carbonyl (C=O) groups is 3. The van der Waals surface area contributed by atoms with Crippen LogP contribution in [0.5, 0.6) is 0 Å². The summed E-state index contributed by atoms with van der Waals surface area (Å²) >= 11 is 0. The molecule has 0 saturated carbocycles. The van der Waals surface area contributed by atoms with Crippen molar-refractivity contribution in [3.63, 3.8) is 0 Å². The Labute approximate surface area is 206 Å². The fourth-order valence-corrected chi connectivity index (χ4v) is 4.56. The molecule has 35 heavy (non-hydrogen) atoms. The molecule has 1 N–H and O–H groups in total. The highest BCUT2D eigenvalue weighted by molar-refractivity contribution is 6.25. The zero-order valence-corrected chi connectivity index (χ0v) is 20.7. The lowest BCUT2D eigenvalue weighted by Crippen LogP contribution is -2.49. The second-order valence-corrected chi connectivity index (χ2v) is 9.24. The van der Waals surface area contributed by atoms with E-state index >= 15 is 0 Å². The second kappa shape index (κ2) is 10.7. The predicted molar refractivity (Wildman–Crippen MR) is 139 cm³/mol. The second-order valence-electron chi connectivity index (χ2n) is 9.24. The first kappa shape index (κ1) is 24.5. The van der Waals surface area contributed by atoms with E-state index in [-0.39, 0.29) is 30.2 Å². The van der Waals surface area contributed by atoms with E-state index in [1.165, 1.54) is 0 Å². The fourth-order valence-electron chi connectivity index (χ4n) is 4.56. The van der Waals surface area contributed by atoms with Gasteiger partial charge in [0.15, 0.2) is 0 Å². The molecule has 0 aromatic heterocycles. The van der Waals surface area contributed by atoms with Crippen molar-refractivity contribution in [2.75, 3.05) is 11.4 Å². The number of benzene rings is 3. The SMILES string of the molecule is CC[C@H](C)NC(=O)[C@H](C)N(Cc1ccccc1)C(=O)CCCN1C(=O)c2cccc3cccc1c23. The summed E-state index contributed by atoms with van der Waals surface area (Å²) in [5.74, 6) is -0.268. The van der Waals surface area contributed by atoms with E-state index in [0.29, 0.717) is 25.1 Å². The Hall–Kier alpha value is -3.67. The van der Waals surface area contributed by atoms with Gasteiger partial charge < -0.3 is 15.1 Å². The van der Waals surface area contributed by atoms with Crippen molar-refractivity contribution in [2.45, 2.75) is 58.7 Å². The average Bonchev–Trinajstić information content (AvgIpc) is 3.15. The maximum Gasteiger partial charge on any atom is 0.258 e. The van der Waals surface area contributed by atoms with Gasteiger partial charge in [-0.25, -0.2) is 0 Å². The topological polar surface area (TPSA) is 69.7 Å². The Bertz CT molecular complexity index is 1220. The molecule has 3 aromatic rings. The van der Waals surface area contributed by atoms with Crippen molar-refractivity contribution in [1.29, 1.82) is 0 Å². The number of nitrogens with zero attached hydrogens (tertiary/aromatic N) is 2. The molecule has 3 aromatic carbocycles. The molecule has 4 rings (SSSR count). The minimum absolute atomic E-state index is 0.0216. The molecule has 3 amide bonds. The highest BCUT2D eigenvalue weighted by atomic mass is 16.2. The highest BCUT2D eigenvalue weighted by Gasteiger charge is 2.30. The molecule has 182 valence electrons. The van der Waals surface area contributed by atoms with Gasteiger partial charge >= 0.3 is 0 Å². The monoisotopic (exact) mass is 471 g/mol. The van der Waals surface area contributed by atoms with Crippen molar-refractivity contribution >= 4 is 34.2 Å². The van der Waals surface area contributed by atoms with E-state index in [4.69, 9.17) is 0 Å². The minimum atomic E-state index is -0.594. The molecular formula is C29H33N3O3. The van der Waals surface area contributed by atoms with Crippen LogP contribution in [0.4, 0.5) is 5.69 Å². The molecule has 6 nitrogen and oxygen atoms in total. The van der Waals surface area contributed by atoms with Crippen LogP contribution < -0.4 is 10.2 Å². The first-order valence-electron chi connectivity index (χ1n) is 12.4. The van der Waals surface area contributed by atoms with Gasteiger partial charge in [0.1, 0.15) is 6.04 Å². The third-order valence-electron chi connectivity index (χ3n) is 6.79. The molecule has 1 heterocycles. The van der Waals surface area contributed by atoms with E-state index in [2.05, 4.69) is 5.32 Å². The summed E-state index contributed by atoms with van der Waals surface area (Å²) in [4.78, 5) is 42.7. The van der Waals surface area contributed by atoms with Crippen LogP contribution in [0.15, 0.2) is 66.7 Å². The standard InChI is InChI=1S/C29H33N3O3/c1-4-20(2)30-28(34)21(3)32(19-22-11-6-5-7-12-22)26(33)17-10-18-31-25-16-9-14-23-13-8-15-24(27(23)25)29(31)35/h5-9,11-16,20-21H,4,10,17-19H2,1-3H3,(H,30,34)/t20-,21-/m0/s1. The molecule has 1 aliphatic heterocycles. The van der Waals surface area contributed by atoms with Crippen LogP contribution >= 0.6 is 0 Å². The zero-order chi connectivity index (χ0) is 24.9. The number of nitrogens with one attached hydrogen (secondary N) is 1. The summed E-state index contributed by atoms with van der Waals surface area (Å²) in [6, 6.07) is 20.9. The van der Waals surface area contributed by atoms with Gasteiger partial charge in [0.2, 0.25) is 11.8 Å². The maximum atomic E-state index is 13.4. The summed E-state index contributed by atoms with van der Waals surface area (Å²) in [5, 5.41) is 5.02. The maximum absolute atomic E-state index is 13.4. The summed E-state index contributed by atoms with van der Waals surface area (Å²) < 4.78 is 0. The van der Waals surface area contributed by atoms with E-state index in [1.54, 1.807) is 16.7 Å². The third kappa shape index (κ3) is 5.21. The highest BCUT2D eigenvalue weighted by Crippen LogP contribution is 2.37. The molecule has 0 aliphatic carbocycles. The summed E-state index contributed by atoms with van der Waals surface area (Å²) in [6.45, 7) is 6.56. The van der Waals surface area contributed by atoms with Crippen molar-refractivity contribution in [2.24, 2.45) is 0 Å².